The molecule has 3 aromatic rings. The fourth-order valence-corrected chi connectivity index (χ4v) is 3.34. The van der Waals surface area contributed by atoms with Crippen molar-refractivity contribution in [2.45, 2.75) is 33.4 Å². The lowest BCUT2D eigenvalue weighted by Crippen LogP contribution is -2.25. The van der Waals surface area contributed by atoms with Gasteiger partial charge in [0.15, 0.2) is 0 Å². The van der Waals surface area contributed by atoms with E-state index in [2.05, 4.69) is 31.4 Å². The number of aromatic nitrogens is 4. The van der Waals surface area contributed by atoms with Crippen LogP contribution in [0.25, 0.3) is 0 Å². The Kier molecular flexibility index (Phi) is 5.59. The average molecular weight is 447 g/mol. The quantitative estimate of drug-likeness (QED) is 0.459. The molecule has 0 aliphatic rings. The van der Waals surface area contributed by atoms with Gasteiger partial charge in [-0.25, -0.2) is 0 Å². The van der Waals surface area contributed by atoms with Crippen LogP contribution >= 0.6 is 15.9 Å². The maximum atomic E-state index is 12.7. The maximum absolute atomic E-state index is 12.7. The van der Waals surface area contributed by atoms with Crippen LogP contribution in [0.4, 0.5) is 11.4 Å². The van der Waals surface area contributed by atoms with Gasteiger partial charge in [0, 0.05) is 11.9 Å². The van der Waals surface area contributed by atoms with Gasteiger partial charge in [-0.05, 0) is 54.4 Å². The smallest absolute Gasteiger partial charge is 0.312 e. The number of nitrogens with zero attached hydrogens (tertiary/aromatic N) is 5. The zero-order valence-electron chi connectivity index (χ0n) is 15.6. The van der Waals surface area contributed by atoms with Crippen LogP contribution in [0, 0.1) is 24.0 Å². The molecule has 0 aliphatic heterocycles. The van der Waals surface area contributed by atoms with Gasteiger partial charge in [-0.3, -0.25) is 24.3 Å². The highest BCUT2D eigenvalue weighted by Gasteiger charge is 2.27. The predicted octanol–water partition coefficient (Wildman–Crippen LogP) is 3.62. The SMILES string of the molecule is Cc1nn(C(C)C(=O)Nc2cccc(Cn3cc(Br)cn3)c2)c(C)c1[N+](=O)[O-]. The molecule has 1 N–H and O–H groups in total. The highest BCUT2D eigenvalue weighted by molar-refractivity contribution is 9.10. The molecule has 0 bridgehead atoms. The van der Waals surface area contributed by atoms with Crippen molar-refractivity contribution in [1.82, 2.24) is 19.6 Å². The largest absolute Gasteiger partial charge is 0.324 e. The molecule has 1 unspecified atom stereocenters. The summed E-state index contributed by atoms with van der Waals surface area (Å²) >= 11 is 3.36. The second-order valence-electron chi connectivity index (χ2n) is 6.44. The van der Waals surface area contributed by atoms with Crippen molar-refractivity contribution in [3.05, 3.63) is 68.2 Å². The number of aryl methyl sites for hydroxylation is 1. The van der Waals surface area contributed by atoms with E-state index in [9.17, 15) is 14.9 Å². The first kappa shape index (κ1) is 19.7. The van der Waals surface area contributed by atoms with Crippen LogP contribution in [-0.4, -0.2) is 30.4 Å². The van der Waals surface area contributed by atoms with Crippen molar-refractivity contribution in [2.75, 3.05) is 5.32 Å². The molecule has 2 aromatic heterocycles. The number of anilines is 1. The van der Waals surface area contributed by atoms with E-state index in [4.69, 9.17) is 0 Å². The van der Waals surface area contributed by atoms with Crippen LogP contribution in [0.2, 0.25) is 0 Å². The van der Waals surface area contributed by atoms with Crippen molar-refractivity contribution < 1.29 is 9.72 Å². The molecule has 0 radical (unpaired) electrons. The van der Waals surface area contributed by atoms with Gasteiger partial charge in [0.05, 0.1) is 22.1 Å². The molecule has 1 atom stereocenters. The highest BCUT2D eigenvalue weighted by Crippen LogP contribution is 2.25. The molecule has 3 rings (SSSR count). The maximum Gasteiger partial charge on any atom is 0.312 e. The number of carbonyl (C=O) groups is 1. The van der Waals surface area contributed by atoms with E-state index < -0.39 is 11.0 Å². The summed E-state index contributed by atoms with van der Waals surface area (Å²) in [6.07, 6.45) is 3.57. The van der Waals surface area contributed by atoms with Crippen LogP contribution in [0.5, 0.6) is 0 Å². The third kappa shape index (κ3) is 4.11. The average Bonchev–Trinajstić information content (AvgIpc) is 3.16. The molecule has 146 valence electrons. The lowest BCUT2D eigenvalue weighted by atomic mass is 10.2. The molecule has 28 heavy (non-hydrogen) atoms. The standard InChI is InChI=1S/C18H19BrN6O3/c1-11-17(25(27)28)12(2)24(22-11)13(3)18(26)21-16-6-4-5-14(7-16)9-23-10-15(19)8-20-23/h4-8,10,13H,9H2,1-3H3,(H,21,26). The van der Waals surface area contributed by atoms with Gasteiger partial charge in [-0.1, -0.05) is 12.1 Å². The van der Waals surface area contributed by atoms with Gasteiger partial charge in [0.2, 0.25) is 5.91 Å². The molecule has 1 amide bonds. The van der Waals surface area contributed by atoms with Crippen LogP contribution in [-0.2, 0) is 11.3 Å². The van der Waals surface area contributed by atoms with E-state index in [1.54, 1.807) is 37.7 Å². The van der Waals surface area contributed by atoms with E-state index in [1.807, 2.05) is 24.4 Å². The van der Waals surface area contributed by atoms with E-state index in [0.717, 1.165) is 10.0 Å². The second kappa shape index (κ2) is 7.93. The van der Waals surface area contributed by atoms with E-state index in [0.29, 0.717) is 17.9 Å². The van der Waals surface area contributed by atoms with Crippen LogP contribution < -0.4 is 5.32 Å². The molecular formula is C18H19BrN6O3. The third-order valence-corrected chi connectivity index (χ3v) is 4.77. The molecule has 1 aromatic carbocycles. The Morgan fingerprint density at radius 1 is 1.39 bits per heavy atom. The van der Waals surface area contributed by atoms with Crippen molar-refractivity contribution in [2.24, 2.45) is 0 Å². The summed E-state index contributed by atoms with van der Waals surface area (Å²) in [6, 6.07) is 6.75. The molecule has 0 fully saturated rings. The summed E-state index contributed by atoms with van der Waals surface area (Å²) < 4.78 is 4.06. The minimum Gasteiger partial charge on any atom is -0.324 e. The molecule has 0 saturated heterocycles. The first-order chi connectivity index (χ1) is 13.3. The number of nitro groups is 1. The monoisotopic (exact) mass is 446 g/mol. The van der Waals surface area contributed by atoms with Crippen molar-refractivity contribution >= 4 is 33.2 Å². The Morgan fingerprint density at radius 3 is 2.75 bits per heavy atom. The number of halogens is 1. The number of hydrogen-bond donors (Lipinski definition) is 1. The van der Waals surface area contributed by atoms with Crippen molar-refractivity contribution in [3.63, 3.8) is 0 Å². The Hall–Kier alpha value is -3.01. The summed E-state index contributed by atoms with van der Waals surface area (Å²) in [5.41, 5.74) is 2.18. The van der Waals surface area contributed by atoms with Gasteiger partial charge in [-0.2, -0.15) is 10.2 Å². The first-order valence-electron chi connectivity index (χ1n) is 8.54. The second-order valence-corrected chi connectivity index (χ2v) is 7.36. The fourth-order valence-electron chi connectivity index (χ4n) is 3.01. The zero-order chi connectivity index (χ0) is 20.4. The van der Waals surface area contributed by atoms with Crippen molar-refractivity contribution in [3.8, 4) is 0 Å². The Balaban J connectivity index is 1.75. The predicted molar refractivity (Wildman–Crippen MR) is 107 cm³/mol. The van der Waals surface area contributed by atoms with E-state index >= 15 is 0 Å². The summed E-state index contributed by atoms with van der Waals surface area (Å²) in [5.74, 6) is -0.306. The van der Waals surface area contributed by atoms with Gasteiger partial charge in [0.25, 0.3) is 0 Å². The molecule has 2 heterocycles. The summed E-state index contributed by atoms with van der Waals surface area (Å²) in [5, 5.41) is 22.4. The van der Waals surface area contributed by atoms with Crippen molar-refractivity contribution in [1.29, 1.82) is 0 Å². The fraction of sp³-hybridized carbons (Fsp3) is 0.278. The normalized spacial score (nSPS) is 12.0. The number of rotatable bonds is 6. The first-order valence-corrected chi connectivity index (χ1v) is 9.33. The number of carbonyl (C=O) groups excluding carboxylic acids is 1. The van der Waals surface area contributed by atoms with Gasteiger partial charge >= 0.3 is 5.69 Å². The Labute approximate surface area is 169 Å². The zero-order valence-corrected chi connectivity index (χ0v) is 17.2. The topological polar surface area (TPSA) is 108 Å². The number of nitrogens with one attached hydrogen (secondary N) is 1. The molecule has 10 heteroatoms. The van der Waals surface area contributed by atoms with Crippen LogP contribution in [0.1, 0.15) is 29.9 Å². The van der Waals surface area contributed by atoms with E-state index in [-0.39, 0.29) is 17.3 Å². The minimum atomic E-state index is -0.696. The van der Waals surface area contributed by atoms with Crippen LogP contribution in [0.15, 0.2) is 41.1 Å². The highest BCUT2D eigenvalue weighted by atomic mass is 79.9. The van der Waals surface area contributed by atoms with Crippen LogP contribution in [0.3, 0.4) is 0 Å². The Morgan fingerprint density at radius 2 is 2.14 bits per heavy atom. The molecule has 0 spiro atoms. The lowest BCUT2D eigenvalue weighted by molar-refractivity contribution is -0.386. The lowest BCUT2D eigenvalue weighted by Gasteiger charge is -2.14. The molecular weight excluding hydrogens is 428 g/mol. The third-order valence-electron chi connectivity index (χ3n) is 4.36. The van der Waals surface area contributed by atoms with Gasteiger partial charge in [-0.15, -0.1) is 0 Å². The number of hydrogen-bond acceptors (Lipinski definition) is 5. The summed E-state index contributed by atoms with van der Waals surface area (Å²) in [7, 11) is 0. The van der Waals surface area contributed by atoms with E-state index in [1.165, 1.54) is 4.68 Å². The summed E-state index contributed by atoms with van der Waals surface area (Å²) in [4.78, 5) is 23.4. The molecule has 0 saturated carbocycles. The van der Waals surface area contributed by atoms with Gasteiger partial charge in [0.1, 0.15) is 17.4 Å². The Bertz CT molecular complexity index is 1040. The number of benzene rings is 1. The minimum absolute atomic E-state index is 0.0629. The van der Waals surface area contributed by atoms with Gasteiger partial charge < -0.3 is 5.32 Å². The molecule has 0 aliphatic carbocycles. The number of amides is 1. The summed E-state index contributed by atoms with van der Waals surface area (Å²) in [6.45, 7) is 5.37. The molecule has 9 nitrogen and oxygen atoms in total.